The first-order chi connectivity index (χ1) is 16.7. The van der Waals surface area contributed by atoms with Gasteiger partial charge in [0.15, 0.2) is 9.84 Å². The summed E-state index contributed by atoms with van der Waals surface area (Å²) in [7, 11) is -1.58. The Hall–Kier alpha value is -3.20. The highest BCUT2D eigenvalue weighted by molar-refractivity contribution is 7.90. The van der Waals surface area contributed by atoms with Crippen LogP contribution in [-0.4, -0.2) is 55.2 Å². The van der Waals surface area contributed by atoms with Crippen LogP contribution in [0.4, 0.5) is 0 Å². The molecule has 0 saturated heterocycles. The number of rotatable bonds is 7. The van der Waals surface area contributed by atoms with E-state index >= 15 is 0 Å². The molecule has 1 aliphatic rings. The molecule has 0 atom stereocenters. The molecule has 1 aliphatic heterocycles. The number of carbonyl (C=O) groups excluding carboxylic acids is 1. The molecule has 2 aromatic carbocycles. The topological polar surface area (TPSA) is 98.6 Å². The van der Waals surface area contributed by atoms with E-state index in [-0.39, 0.29) is 16.4 Å². The van der Waals surface area contributed by atoms with Crippen molar-refractivity contribution in [3.63, 3.8) is 0 Å². The monoisotopic (exact) mass is 497 g/mol. The van der Waals surface area contributed by atoms with Gasteiger partial charge in [-0.25, -0.2) is 13.4 Å². The average Bonchev–Trinajstić information content (AvgIpc) is 2.82. The van der Waals surface area contributed by atoms with Crippen LogP contribution < -0.4 is 10.3 Å². The Balaban J connectivity index is 1.40. The van der Waals surface area contributed by atoms with Crippen molar-refractivity contribution in [3.05, 3.63) is 64.2 Å². The number of aryl methyl sites for hydroxylation is 1. The molecule has 0 radical (unpaired) electrons. The first-order valence-electron chi connectivity index (χ1n) is 12.0. The lowest BCUT2D eigenvalue weighted by Crippen LogP contribution is -2.29. The fourth-order valence-corrected chi connectivity index (χ4v) is 4.99. The van der Waals surface area contributed by atoms with Crippen LogP contribution in [0, 0.1) is 0 Å². The molecule has 0 spiro atoms. The maximum absolute atomic E-state index is 13.0. The van der Waals surface area contributed by atoms with Crippen molar-refractivity contribution >= 4 is 26.6 Å². The van der Waals surface area contributed by atoms with E-state index in [0.29, 0.717) is 48.3 Å². The smallest absolute Gasteiger partial charge is 0.261 e. The van der Waals surface area contributed by atoms with E-state index in [0.717, 1.165) is 44.2 Å². The summed E-state index contributed by atoms with van der Waals surface area (Å²) in [6, 6.07) is 11.5. The van der Waals surface area contributed by atoms with Crippen molar-refractivity contribution in [2.24, 2.45) is 0 Å². The Morgan fingerprint density at radius 1 is 1.11 bits per heavy atom. The number of amides is 1. The van der Waals surface area contributed by atoms with Gasteiger partial charge in [-0.1, -0.05) is 18.9 Å². The normalized spacial score (nSPS) is 14.1. The molecule has 0 saturated carbocycles. The molecule has 0 unspecified atom stereocenters. The molecular weight excluding hydrogens is 466 g/mol. The van der Waals surface area contributed by atoms with Crippen LogP contribution in [-0.2, 0) is 22.8 Å². The summed E-state index contributed by atoms with van der Waals surface area (Å²) in [6.07, 6.45) is 6.77. The summed E-state index contributed by atoms with van der Waals surface area (Å²) in [5.74, 6) is 1.13. The molecule has 1 amide bonds. The van der Waals surface area contributed by atoms with Gasteiger partial charge in [0.25, 0.3) is 11.5 Å². The number of fused-ring (bicyclic) bond motifs is 2. The van der Waals surface area contributed by atoms with Gasteiger partial charge in [0.1, 0.15) is 11.6 Å². The molecule has 2 heterocycles. The number of ether oxygens (including phenoxy) is 1. The second kappa shape index (κ2) is 10.6. The summed E-state index contributed by atoms with van der Waals surface area (Å²) in [6.45, 7) is 1.50. The zero-order valence-electron chi connectivity index (χ0n) is 20.2. The summed E-state index contributed by atoms with van der Waals surface area (Å²) in [5.41, 5.74) is 1.02. The quantitative estimate of drug-likeness (QED) is 0.464. The molecule has 1 aromatic heterocycles. The van der Waals surface area contributed by atoms with Gasteiger partial charge in [-0.15, -0.1) is 0 Å². The molecule has 0 bridgehead atoms. The minimum absolute atomic E-state index is 0.0312. The van der Waals surface area contributed by atoms with Gasteiger partial charge in [-0.2, -0.15) is 0 Å². The van der Waals surface area contributed by atoms with Gasteiger partial charge in [0, 0.05) is 38.4 Å². The fraction of sp³-hybridized carbons (Fsp3) is 0.423. The first-order valence-corrected chi connectivity index (χ1v) is 13.8. The number of hydrogen-bond acceptors (Lipinski definition) is 6. The second-order valence-corrected chi connectivity index (χ2v) is 11.1. The summed E-state index contributed by atoms with van der Waals surface area (Å²) in [4.78, 5) is 32.5. The van der Waals surface area contributed by atoms with Crippen molar-refractivity contribution < 1.29 is 17.9 Å². The van der Waals surface area contributed by atoms with Crippen LogP contribution in [0.1, 0.15) is 48.3 Å². The third-order valence-electron chi connectivity index (χ3n) is 6.30. The molecule has 8 nitrogen and oxygen atoms in total. The van der Waals surface area contributed by atoms with E-state index in [1.807, 2.05) is 0 Å². The third-order valence-corrected chi connectivity index (χ3v) is 7.41. The zero-order chi connectivity index (χ0) is 25.0. The van der Waals surface area contributed by atoms with Gasteiger partial charge in [0.2, 0.25) is 0 Å². The van der Waals surface area contributed by atoms with Crippen LogP contribution in [0.25, 0.3) is 10.9 Å². The van der Waals surface area contributed by atoms with Crippen molar-refractivity contribution in [3.8, 4) is 5.75 Å². The summed E-state index contributed by atoms with van der Waals surface area (Å²) in [5, 5.41) is 0.540. The van der Waals surface area contributed by atoms with Crippen LogP contribution >= 0.6 is 0 Å². The van der Waals surface area contributed by atoms with Crippen LogP contribution in [0.15, 0.2) is 52.2 Å². The molecule has 0 N–H and O–H groups in total. The summed E-state index contributed by atoms with van der Waals surface area (Å²) >= 11 is 0. The van der Waals surface area contributed by atoms with E-state index in [4.69, 9.17) is 9.72 Å². The van der Waals surface area contributed by atoms with Crippen LogP contribution in [0.5, 0.6) is 5.75 Å². The van der Waals surface area contributed by atoms with E-state index in [1.165, 1.54) is 12.1 Å². The van der Waals surface area contributed by atoms with Crippen molar-refractivity contribution in [2.45, 2.75) is 50.0 Å². The molecule has 3 aromatic rings. The predicted molar refractivity (Wildman–Crippen MR) is 135 cm³/mol. The molecule has 35 heavy (non-hydrogen) atoms. The van der Waals surface area contributed by atoms with Crippen LogP contribution in [0.3, 0.4) is 0 Å². The third kappa shape index (κ3) is 5.90. The standard InChI is InChI=1S/C26H31N3O5S/c1-28(14-8-16-34-20-9-7-10-21(18-20)35(2,32)33)25(30)19-12-13-22-23(17-19)27-24-11-5-3-4-6-15-29(24)26(22)31/h7,9-10,12-13,17-18H,3-6,8,11,14-16H2,1-2H3. The molecule has 0 fully saturated rings. The van der Waals surface area contributed by atoms with Gasteiger partial charge < -0.3 is 9.64 Å². The Kier molecular flexibility index (Phi) is 7.54. The number of sulfone groups is 1. The first kappa shape index (κ1) is 24.9. The highest BCUT2D eigenvalue weighted by Crippen LogP contribution is 2.19. The van der Waals surface area contributed by atoms with E-state index in [1.54, 1.807) is 46.8 Å². The largest absolute Gasteiger partial charge is 0.493 e. The number of hydrogen-bond donors (Lipinski definition) is 0. The second-order valence-electron chi connectivity index (χ2n) is 9.06. The minimum atomic E-state index is -3.30. The van der Waals surface area contributed by atoms with Gasteiger partial charge in [0.05, 0.1) is 22.4 Å². The van der Waals surface area contributed by atoms with E-state index in [9.17, 15) is 18.0 Å². The Labute approximate surface area is 205 Å². The van der Waals surface area contributed by atoms with Crippen molar-refractivity contribution in [2.75, 3.05) is 26.5 Å². The maximum Gasteiger partial charge on any atom is 0.261 e. The lowest BCUT2D eigenvalue weighted by Gasteiger charge is -2.19. The maximum atomic E-state index is 13.0. The number of nitrogens with zero attached hydrogens (tertiary/aromatic N) is 3. The van der Waals surface area contributed by atoms with E-state index < -0.39 is 9.84 Å². The Bertz CT molecular complexity index is 1400. The summed E-state index contributed by atoms with van der Waals surface area (Å²) < 4.78 is 30.8. The average molecular weight is 498 g/mol. The molecule has 9 heteroatoms. The fourth-order valence-electron chi connectivity index (χ4n) is 4.34. The molecule has 0 aliphatic carbocycles. The SMILES string of the molecule is CN(CCCOc1cccc(S(C)(=O)=O)c1)C(=O)c1ccc2c(=O)n3c(nc2c1)CCCCCC3. The lowest BCUT2D eigenvalue weighted by atomic mass is 10.1. The predicted octanol–water partition coefficient (Wildman–Crippen LogP) is 3.46. The van der Waals surface area contributed by atoms with Gasteiger partial charge in [-0.05, 0) is 55.7 Å². The van der Waals surface area contributed by atoms with Gasteiger partial charge >= 0.3 is 0 Å². The highest BCUT2D eigenvalue weighted by Gasteiger charge is 2.17. The zero-order valence-corrected chi connectivity index (χ0v) is 21.0. The Morgan fingerprint density at radius 2 is 1.91 bits per heavy atom. The van der Waals surface area contributed by atoms with Gasteiger partial charge in [-0.3, -0.25) is 14.2 Å². The van der Waals surface area contributed by atoms with Crippen LogP contribution in [0.2, 0.25) is 0 Å². The number of benzene rings is 2. The van der Waals surface area contributed by atoms with Crippen molar-refractivity contribution in [1.29, 1.82) is 0 Å². The molecule has 186 valence electrons. The molecular formula is C26H31N3O5S. The minimum Gasteiger partial charge on any atom is -0.493 e. The molecule has 4 rings (SSSR count). The lowest BCUT2D eigenvalue weighted by molar-refractivity contribution is 0.0788. The van der Waals surface area contributed by atoms with E-state index in [2.05, 4.69) is 0 Å². The van der Waals surface area contributed by atoms with Crippen molar-refractivity contribution in [1.82, 2.24) is 14.5 Å². The highest BCUT2D eigenvalue weighted by atomic mass is 32.2. The Morgan fingerprint density at radius 3 is 2.71 bits per heavy atom. The number of aromatic nitrogens is 2. The number of carbonyl (C=O) groups is 1.